The van der Waals surface area contributed by atoms with E-state index in [-0.39, 0.29) is 11.6 Å². The second kappa shape index (κ2) is 7.53. The van der Waals surface area contributed by atoms with Crippen LogP contribution in [-0.4, -0.2) is 35.1 Å². The van der Waals surface area contributed by atoms with Gasteiger partial charge in [-0.3, -0.25) is 0 Å². The average molecular weight is 278 g/mol. The summed E-state index contributed by atoms with van der Waals surface area (Å²) in [6.45, 7) is 6.96. The highest BCUT2D eigenvalue weighted by Gasteiger charge is 2.17. The Bertz CT molecular complexity index is 486. The van der Waals surface area contributed by atoms with Crippen molar-refractivity contribution in [2.45, 2.75) is 33.6 Å². The fourth-order valence-electron chi connectivity index (χ4n) is 2.00. The molecule has 110 valence electrons. The van der Waals surface area contributed by atoms with Crippen LogP contribution in [0.25, 0.3) is 0 Å². The lowest BCUT2D eigenvalue weighted by molar-refractivity contribution is 0.0697. The normalized spacial score (nSPS) is 10.2. The third-order valence-electron chi connectivity index (χ3n) is 3.18. The first-order valence-electron chi connectivity index (χ1n) is 6.90. The molecular weight excluding hydrogens is 256 g/mol. The molecule has 0 bridgehead atoms. The second-order valence-corrected chi connectivity index (χ2v) is 4.67. The molecule has 0 unspecified atom stereocenters. The van der Waals surface area contributed by atoms with Crippen LogP contribution < -0.4 is 5.32 Å². The molecule has 0 saturated heterocycles. The number of carboxylic acid groups (broad SMARTS) is 1. The van der Waals surface area contributed by atoms with Gasteiger partial charge in [-0.05, 0) is 31.9 Å². The third kappa shape index (κ3) is 3.98. The van der Waals surface area contributed by atoms with Crippen LogP contribution in [0.1, 0.15) is 42.6 Å². The minimum atomic E-state index is -1.03. The van der Waals surface area contributed by atoms with Crippen LogP contribution in [0.3, 0.4) is 0 Å². The molecule has 0 saturated carbocycles. The van der Waals surface area contributed by atoms with Crippen molar-refractivity contribution in [1.29, 1.82) is 0 Å². The number of amides is 2. The molecule has 20 heavy (non-hydrogen) atoms. The Balaban J connectivity index is 2.89. The summed E-state index contributed by atoms with van der Waals surface area (Å²) in [5.74, 6) is -1.03. The molecule has 1 rings (SSSR count). The molecule has 0 aliphatic heterocycles. The maximum atomic E-state index is 12.2. The van der Waals surface area contributed by atoms with Crippen LogP contribution in [-0.2, 0) is 0 Å². The summed E-state index contributed by atoms with van der Waals surface area (Å²) < 4.78 is 0. The van der Waals surface area contributed by atoms with Crippen LogP contribution in [0, 0.1) is 6.92 Å². The van der Waals surface area contributed by atoms with E-state index in [1.807, 2.05) is 6.92 Å². The molecule has 0 aliphatic carbocycles. The Morgan fingerprint density at radius 2 is 2.00 bits per heavy atom. The lowest BCUT2D eigenvalue weighted by atomic mass is 10.1. The van der Waals surface area contributed by atoms with Gasteiger partial charge in [-0.25, -0.2) is 9.59 Å². The Hall–Kier alpha value is -2.04. The van der Waals surface area contributed by atoms with Gasteiger partial charge < -0.3 is 15.3 Å². The Morgan fingerprint density at radius 3 is 2.55 bits per heavy atom. The number of nitrogens with one attached hydrogen (secondary N) is 1. The summed E-state index contributed by atoms with van der Waals surface area (Å²) in [6, 6.07) is 4.81. The first-order valence-corrected chi connectivity index (χ1v) is 6.90. The predicted octanol–water partition coefficient (Wildman–Crippen LogP) is 3.35. The minimum absolute atomic E-state index is 0.146. The van der Waals surface area contributed by atoms with Gasteiger partial charge in [-0.2, -0.15) is 0 Å². The number of carboxylic acids is 1. The van der Waals surface area contributed by atoms with Crippen molar-refractivity contribution in [1.82, 2.24) is 4.90 Å². The molecule has 0 atom stereocenters. The van der Waals surface area contributed by atoms with Gasteiger partial charge in [0.05, 0.1) is 11.3 Å². The fourth-order valence-corrected chi connectivity index (χ4v) is 2.00. The first-order chi connectivity index (χ1) is 9.51. The van der Waals surface area contributed by atoms with Crippen molar-refractivity contribution in [3.05, 3.63) is 29.3 Å². The fraction of sp³-hybridized carbons (Fsp3) is 0.467. The molecule has 1 aromatic carbocycles. The first kappa shape index (κ1) is 16.0. The standard InChI is InChI=1S/C15H22N2O3/c1-4-6-10-17(5-2)15(20)16-12-9-7-8-11(3)13(12)14(18)19/h7-9H,4-6,10H2,1-3H3,(H,16,20)(H,18,19). The van der Waals surface area contributed by atoms with Gasteiger partial charge in [0, 0.05) is 13.1 Å². The summed E-state index contributed by atoms with van der Waals surface area (Å²) in [6.07, 6.45) is 1.94. The zero-order valence-corrected chi connectivity index (χ0v) is 12.3. The molecule has 0 heterocycles. The number of hydrogen-bond acceptors (Lipinski definition) is 2. The molecule has 2 N–H and O–H groups in total. The Labute approximate surface area is 119 Å². The van der Waals surface area contributed by atoms with E-state index in [9.17, 15) is 14.7 Å². The number of urea groups is 1. The van der Waals surface area contributed by atoms with Crippen LogP contribution in [0.5, 0.6) is 0 Å². The highest BCUT2D eigenvalue weighted by Crippen LogP contribution is 2.20. The van der Waals surface area contributed by atoms with E-state index < -0.39 is 5.97 Å². The van der Waals surface area contributed by atoms with E-state index in [0.29, 0.717) is 24.3 Å². The second-order valence-electron chi connectivity index (χ2n) is 4.67. The maximum absolute atomic E-state index is 12.2. The van der Waals surface area contributed by atoms with E-state index in [2.05, 4.69) is 12.2 Å². The van der Waals surface area contributed by atoms with Gasteiger partial charge in [-0.1, -0.05) is 25.5 Å². The minimum Gasteiger partial charge on any atom is -0.478 e. The number of hydrogen-bond donors (Lipinski definition) is 2. The molecule has 5 heteroatoms. The summed E-state index contributed by atoms with van der Waals surface area (Å²) in [4.78, 5) is 25.1. The van der Waals surface area contributed by atoms with Crippen molar-refractivity contribution >= 4 is 17.7 Å². The van der Waals surface area contributed by atoms with Gasteiger partial charge in [-0.15, -0.1) is 0 Å². The summed E-state index contributed by atoms with van der Waals surface area (Å²) in [5, 5.41) is 11.9. The maximum Gasteiger partial charge on any atom is 0.338 e. The molecule has 0 radical (unpaired) electrons. The van der Waals surface area contributed by atoms with E-state index in [0.717, 1.165) is 12.8 Å². The largest absolute Gasteiger partial charge is 0.478 e. The quantitative estimate of drug-likeness (QED) is 0.838. The number of anilines is 1. The third-order valence-corrected chi connectivity index (χ3v) is 3.18. The number of aryl methyl sites for hydroxylation is 1. The van der Waals surface area contributed by atoms with E-state index >= 15 is 0 Å². The Kier molecular flexibility index (Phi) is 6.03. The molecule has 0 fully saturated rings. The van der Waals surface area contributed by atoms with Crippen LogP contribution in [0.15, 0.2) is 18.2 Å². The molecular formula is C15H22N2O3. The van der Waals surface area contributed by atoms with Gasteiger partial charge in [0.25, 0.3) is 0 Å². The number of carbonyl (C=O) groups excluding carboxylic acids is 1. The van der Waals surface area contributed by atoms with Crippen molar-refractivity contribution < 1.29 is 14.7 Å². The highest BCUT2D eigenvalue weighted by atomic mass is 16.4. The van der Waals surface area contributed by atoms with Gasteiger partial charge in [0.15, 0.2) is 0 Å². The number of rotatable bonds is 6. The van der Waals surface area contributed by atoms with Crippen molar-refractivity contribution in [2.24, 2.45) is 0 Å². The summed E-state index contributed by atoms with van der Waals surface area (Å²) >= 11 is 0. The number of unbranched alkanes of at least 4 members (excludes halogenated alkanes) is 1. The van der Waals surface area contributed by atoms with Crippen LogP contribution >= 0.6 is 0 Å². The molecule has 2 amide bonds. The highest BCUT2D eigenvalue weighted by molar-refractivity contribution is 6.01. The summed E-state index contributed by atoms with van der Waals surface area (Å²) in [5.41, 5.74) is 1.12. The molecule has 1 aromatic rings. The lowest BCUT2D eigenvalue weighted by Crippen LogP contribution is -2.36. The van der Waals surface area contributed by atoms with Crippen molar-refractivity contribution in [2.75, 3.05) is 18.4 Å². The topological polar surface area (TPSA) is 69.6 Å². The smallest absolute Gasteiger partial charge is 0.338 e. The predicted molar refractivity (Wildman–Crippen MR) is 79.3 cm³/mol. The number of benzene rings is 1. The van der Waals surface area contributed by atoms with Crippen LogP contribution in [0.4, 0.5) is 10.5 Å². The van der Waals surface area contributed by atoms with Crippen LogP contribution in [0.2, 0.25) is 0 Å². The molecule has 0 aliphatic rings. The van der Waals surface area contributed by atoms with Gasteiger partial charge in [0.2, 0.25) is 0 Å². The lowest BCUT2D eigenvalue weighted by Gasteiger charge is -2.22. The van der Waals surface area contributed by atoms with E-state index in [4.69, 9.17) is 0 Å². The Morgan fingerprint density at radius 1 is 1.30 bits per heavy atom. The monoisotopic (exact) mass is 278 g/mol. The number of nitrogens with zero attached hydrogens (tertiary/aromatic N) is 1. The van der Waals surface area contributed by atoms with E-state index in [1.165, 1.54) is 0 Å². The zero-order valence-electron chi connectivity index (χ0n) is 12.3. The van der Waals surface area contributed by atoms with E-state index in [1.54, 1.807) is 30.0 Å². The summed E-state index contributed by atoms with van der Waals surface area (Å²) in [7, 11) is 0. The zero-order chi connectivity index (χ0) is 15.1. The SMILES string of the molecule is CCCCN(CC)C(=O)Nc1cccc(C)c1C(=O)O. The average Bonchev–Trinajstić information content (AvgIpc) is 2.39. The van der Waals surface area contributed by atoms with Gasteiger partial charge >= 0.3 is 12.0 Å². The van der Waals surface area contributed by atoms with Crippen molar-refractivity contribution in [3.8, 4) is 0 Å². The molecule has 0 aromatic heterocycles. The molecule has 0 spiro atoms. The number of aromatic carboxylic acids is 1. The van der Waals surface area contributed by atoms with Gasteiger partial charge in [0.1, 0.15) is 0 Å². The van der Waals surface area contributed by atoms with Crippen molar-refractivity contribution in [3.63, 3.8) is 0 Å². The molecule has 5 nitrogen and oxygen atoms in total. The number of carbonyl (C=O) groups is 2.